The molecule has 1 aromatic rings. The molecule has 0 aliphatic carbocycles. The maximum Gasteiger partial charge on any atom is 0.0701 e. The Bertz CT molecular complexity index is 356. The predicted molar refractivity (Wildman–Crippen MR) is 78.5 cm³/mol. The molecule has 0 aromatic carbocycles. The Labute approximate surface area is 116 Å². The van der Waals surface area contributed by atoms with Crippen molar-refractivity contribution >= 4 is 27.3 Å². The molecule has 1 aliphatic heterocycles. The largest absolute Gasteiger partial charge is 0.316 e. The molecule has 2 nitrogen and oxygen atoms in total. The predicted octanol–water partition coefficient (Wildman–Crippen LogP) is 3.24. The Balaban J connectivity index is 1.84. The molecule has 1 saturated heterocycles. The molecule has 2 heterocycles. The van der Waals surface area contributed by atoms with E-state index in [9.17, 15) is 0 Å². The second-order valence-corrected chi connectivity index (χ2v) is 7.80. The summed E-state index contributed by atoms with van der Waals surface area (Å²) in [5.41, 5.74) is 0.453. The summed E-state index contributed by atoms with van der Waals surface area (Å²) in [4.78, 5) is 1.40. The smallest absolute Gasteiger partial charge is 0.0701 e. The zero-order chi connectivity index (χ0) is 12.3. The van der Waals surface area contributed by atoms with Gasteiger partial charge in [0, 0.05) is 24.5 Å². The lowest BCUT2D eigenvalue weighted by Crippen LogP contribution is -2.40. The van der Waals surface area contributed by atoms with E-state index < -0.39 is 0 Å². The van der Waals surface area contributed by atoms with Gasteiger partial charge in [-0.15, -0.1) is 11.3 Å². The summed E-state index contributed by atoms with van der Waals surface area (Å²) in [6, 6.07) is 4.31. The minimum absolute atomic E-state index is 0.453. The summed E-state index contributed by atoms with van der Waals surface area (Å²) >= 11 is 5.32. The lowest BCUT2D eigenvalue weighted by atomic mass is 9.76. The van der Waals surface area contributed by atoms with Gasteiger partial charge in [0.1, 0.15) is 0 Å². The monoisotopic (exact) mass is 316 g/mol. The normalized spacial score (nSPS) is 24.7. The molecular weight excluding hydrogens is 296 g/mol. The Morgan fingerprint density at radius 1 is 1.53 bits per heavy atom. The number of nitrogens with one attached hydrogen (secondary N) is 2. The fraction of sp³-hybridized carbons (Fsp3) is 0.692. The van der Waals surface area contributed by atoms with Crippen molar-refractivity contribution in [2.45, 2.75) is 26.8 Å². The van der Waals surface area contributed by atoms with Gasteiger partial charge in [0.25, 0.3) is 0 Å². The van der Waals surface area contributed by atoms with Crippen LogP contribution in [-0.4, -0.2) is 19.6 Å². The second-order valence-electron chi connectivity index (χ2n) is 5.25. The van der Waals surface area contributed by atoms with E-state index in [1.54, 1.807) is 0 Å². The number of rotatable bonds is 5. The van der Waals surface area contributed by atoms with Crippen LogP contribution in [0.5, 0.6) is 0 Å². The number of hydrogen-bond donors (Lipinski definition) is 2. The van der Waals surface area contributed by atoms with Crippen molar-refractivity contribution in [3.63, 3.8) is 0 Å². The van der Waals surface area contributed by atoms with Gasteiger partial charge in [-0.2, -0.15) is 0 Å². The van der Waals surface area contributed by atoms with Gasteiger partial charge in [0.2, 0.25) is 0 Å². The summed E-state index contributed by atoms with van der Waals surface area (Å²) in [6.07, 6.45) is 1.30. The molecule has 17 heavy (non-hydrogen) atoms. The highest BCUT2D eigenvalue weighted by Crippen LogP contribution is 2.33. The Hall–Kier alpha value is 0.1000. The van der Waals surface area contributed by atoms with Gasteiger partial charge in [-0.05, 0) is 52.4 Å². The van der Waals surface area contributed by atoms with Crippen LogP contribution in [-0.2, 0) is 6.54 Å². The Morgan fingerprint density at radius 3 is 2.88 bits per heavy atom. The van der Waals surface area contributed by atoms with Gasteiger partial charge < -0.3 is 10.6 Å². The summed E-state index contributed by atoms with van der Waals surface area (Å²) in [5.74, 6) is 0.736. The summed E-state index contributed by atoms with van der Waals surface area (Å²) in [7, 11) is 0. The van der Waals surface area contributed by atoms with Crippen LogP contribution in [0, 0.1) is 11.3 Å². The summed E-state index contributed by atoms with van der Waals surface area (Å²) in [6.45, 7) is 9.13. The molecule has 1 aromatic heterocycles. The summed E-state index contributed by atoms with van der Waals surface area (Å²) < 4.78 is 1.22. The van der Waals surface area contributed by atoms with E-state index in [1.165, 1.54) is 21.6 Å². The highest BCUT2D eigenvalue weighted by Gasteiger charge is 2.36. The van der Waals surface area contributed by atoms with Crippen molar-refractivity contribution in [1.29, 1.82) is 0 Å². The lowest BCUT2D eigenvalue weighted by molar-refractivity contribution is 0.208. The topological polar surface area (TPSA) is 24.1 Å². The number of halogens is 1. The fourth-order valence-corrected chi connectivity index (χ4v) is 3.95. The van der Waals surface area contributed by atoms with Crippen LogP contribution in [0.25, 0.3) is 0 Å². The van der Waals surface area contributed by atoms with Crippen molar-refractivity contribution in [3.8, 4) is 0 Å². The van der Waals surface area contributed by atoms with E-state index in [2.05, 4.69) is 52.5 Å². The molecule has 0 amide bonds. The van der Waals surface area contributed by atoms with Gasteiger partial charge in [0.15, 0.2) is 0 Å². The molecule has 2 rings (SSSR count). The third-order valence-electron chi connectivity index (χ3n) is 3.91. The first-order valence-corrected chi connectivity index (χ1v) is 7.89. The molecule has 1 unspecified atom stereocenters. The highest BCUT2D eigenvalue weighted by molar-refractivity contribution is 9.11. The molecular formula is C13H21BrN2S. The van der Waals surface area contributed by atoms with Crippen molar-refractivity contribution in [2.24, 2.45) is 11.3 Å². The minimum atomic E-state index is 0.453. The van der Waals surface area contributed by atoms with Gasteiger partial charge in [-0.3, -0.25) is 0 Å². The standard InChI is InChI=1S/C13H21BrN2S/c1-10(2)13(5-6-15-8-13)9-16-7-11-3-4-12(14)17-11/h3-4,10,15-16H,5-9H2,1-2H3. The highest BCUT2D eigenvalue weighted by atomic mass is 79.9. The number of thiophene rings is 1. The maximum atomic E-state index is 3.63. The van der Waals surface area contributed by atoms with E-state index in [-0.39, 0.29) is 0 Å². The Morgan fingerprint density at radius 2 is 2.35 bits per heavy atom. The fourth-order valence-electron chi connectivity index (χ4n) is 2.49. The molecule has 0 bridgehead atoms. The molecule has 2 N–H and O–H groups in total. The van der Waals surface area contributed by atoms with Crippen LogP contribution < -0.4 is 10.6 Å². The average Bonchev–Trinajstić information content (AvgIpc) is 2.89. The molecule has 0 spiro atoms. The quantitative estimate of drug-likeness (QED) is 0.871. The molecule has 96 valence electrons. The van der Waals surface area contributed by atoms with Crippen molar-refractivity contribution in [2.75, 3.05) is 19.6 Å². The SMILES string of the molecule is CC(C)C1(CNCc2ccc(Br)s2)CCNC1. The first kappa shape index (κ1) is 13.5. The van der Waals surface area contributed by atoms with Crippen LogP contribution in [0.1, 0.15) is 25.1 Å². The van der Waals surface area contributed by atoms with Crippen LogP contribution in [0.15, 0.2) is 15.9 Å². The zero-order valence-electron chi connectivity index (χ0n) is 10.6. The third-order valence-corrected chi connectivity index (χ3v) is 5.53. The maximum absolute atomic E-state index is 3.63. The van der Waals surface area contributed by atoms with Crippen molar-refractivity contribution in [3.05, 3.63) is 20.8 Å². The van der Waals surface area contributed by atoms with Crippen LogP contribution >= 0.6 is 27.3 Å². The Kier molecular flexibility index (Phi) is 4.64. The minimum Gasteiger partial charge on any atom is -0.316 e. The van der Waals surface area contributed by atoms with E-state index in [4.69, 9.17) is 0 Å². The lowest BCUT2D eigenvalue weighted by Gasteiger charge is -2.33. The molecule has 0 radical (unpaired) electrons. The van der Waals surface area contributed by atoms with Gasteiger partial charge in [-0.25, -0.2) is 0 Å². The van der Waals surface area contributed by atoms with Crippen molar-refractivity contribution in [1.82, 2.24) is 10.6 Å². The molecule has 1 aliphatic rings. The molecule has 4 heteroatoms. The van der Waals surface area contributed by atoms with E-state index in [0.717, 1.165) is 25.6 Å². The molecule has 1 fully saturated rings. The van der Waals surface area contributed by atoms with Crippen LogP contribution in [0.3, 0.4) is 0 Å². The van der Waals surface area contributed by atoms with Crippen LogP contribution in [0.4, 0.5) is 0 Å². The van der Waals surface area contributed by atoms with Gasteiger partial charge in [-0.1, -0.05) is 13.8 Å². The molecule has 0 saturated carbocycles. The third kappa shape index (κ3) is 3.31. The first-order chi connectivity index (χ1) is 8.12. The van der Waals surface area contributed by atoms with Crippen LogP contribution in [0.2, 0.25) is 0 Å². The van der Waals surface area contributed by atoms with E-state index in [0.29, 0.717) is 5.41 Å². The van der Waals surface area contributed by atoms with E-state index in [1.807, 2.05) is 11.3 Å². The molecule has 1 atom stereocenters. The first-order valence-electron chi connectivity index (χ1n) is 6.28. The van der Waals surface area contributed by atoms with E-state index >= 15 is 0 Å². The van der Waals surface area contributed by atoms with Gasteiger partial charge >= 0.3 is 0 Å². The number of hydrogen-bond acceptors (Lipinski definition) is 3. The second kappa shape index (κ2) is 5.83. The average molecular weight is 317 g/mol. The van der Waals surface area contributed by atoms with Crippen molar-refractivity contribution < 1.29 is 0 Å². The zero-order valence-corrected chi connectivity index (χ0v) is 13.0. The van der Waals surface area contributed by atoms with Gasteiger partial charge in [0.05, 0.1) is 3.79 Å². The summed E-state index contributed by atoms with van der Waals surface area (Å²) in [5, 5.41) is 7.13.